The van der Waals surface area contributed by atoms with Crippen LogP contribution in [0.5, 0.6) is 0 Å². The molecule has 0 fully saturated rings. The fourth-order valence-electron chi connectivity index (χ4n) is 2.43. The van der Waals surface area contributed by atoms with Crippen LogP contribution in [0.25, 0.3) is 11.1 Å². The molecule has 21 heavy (non-hydrogen) atoms. The minimum atomic E-state index is 0.776. The molecule has 3 rings (SSSR count). The molecular weight excluding hydrogens is 256 g/mol. The molecule has 0 aromatic heterocycles. The van der Waals surface area contributed by atoms with E-state index in [9.17, 15) is 0 Å². The molecule has 0 atom stereocenters. The van der Waals surface area contributed by atoms with Crippen LogP contribution in [0.2, 0.25) is 0 Å². The van der Waals surface area contributed by atoms with E-state index in [4.69, 9.17) is 5.73 Å². The van der Waals surface area contributed by atoms with Gasteiger partial charge in [-0.3, -0.25) is 0 Å². The Bertz CT molecular complexity index is 711. The molecule has 0 aliphatic heterocycles. The van der Waals surface area contributed by atoms with Gasteiger partial charge in [0.25, 0.3) is 0 Å². The van der Waals surface area contributed by atoms with Crippen molar-refractivity contribution in [1.82, 2.24) is 0 Å². The van der Waals surface area contributed by atoms with E-state index in [1.807, 2.05) is 25.1 Å². The average Bonchev–Trinajstić information content (AvgIpc) is 2.48. The van der Waals surface area contributed by atoms with Gasteiger partial charge in [0, 0.05) is 17.1 Å². The number of hydrogen-bond acceptors (Lipinski definition) is 2. The Morgan fingerprint density at radius 3 is 2.05 bits per heavy atom. The number of hydrogen-bond donors (Lipinski definition) is 2. The van der Waals surface area contributed by atoms with Crippen molar-refractivity contribution in [2.24, 2.45) is 0 Å². The van der Waals surface area contributed by atoms with E-state index in [0.717, 1.165) is 22.6 Å². The smallest absolute Gasteiger partial charge is 0.0407 e. The Kier molecular flexibility index (Phi) is 3.61. The first kappa shape index (κ1) is 13.3. The Morgan fingerprint density at radius 1 is 0.714 bits per heavy atom. The van der Waals surface area contributed by atoms with Crippen LogP contribution in [-0.4, -0.2) is 0 Å². The van der Waals surface area contributed by atoms with Crippen LogP contribution in [0.15, 0.2) is 72.8 Å². The summed E-state index contributed by atoms with van der Waals surface area (Å²) in [5, 5.41) is 3.38. The first-order valence-corrected chi connectivity index (χ1v) is 7.00. The van der Waals surface area contributed by atoms with Gasteiger partial charge < -0.3 is 11.1 Å². The highest BCUT2D eigenvalue weighted by Gasteiger charge is 1.99. The summed E-state index contributed by atoms with van der Waals surface area (Å²) in [5.41, 5.74) is 12.3. The number of nitrogens with two attached hydrogens (primary N) is 1. The minimum Gasteiger partial charge on any atom is -0.399 e. The van der Waals surface area contributed by atoms with E-state index in [-0.39, 0.29) is 0 Å². The van der Waals surface area contributed by atoms with Crippen LogP contribution in [0, 0.1) is 6.92 Å². The van der Waals surface area contributed by atoms with Gasteiger partial charge in [-0.15, -0.1) is 0 Å². The van der Waals surface area contributed by atoms with Gasteiger partial charge in [0.15, 0.2) is 0 Å². The second kappa shape index (κ2) is 5.71. The van der Waals surface area contributed by atoms with Crippen molar-refractivity contribution in [3.05, 3.63) is 78.4 Å². The van der Waals surface area contributed by atoms with Crippen LogP contribution >= 0.6 is 0 Å². The van der Waals surface area contributed by atoms with Gasteiger partial charge in [0.05, 0.1) is 0 Å². The van der Waals surface area contributed by atoms with Crippen molar-refractivity contribution in [3.63, 3.8) is 0 Å². The van der Waals surface area contributed by atoms with Crippen LogP contribution in [0.3, 0.4) is 0 Å². The second-order valence-corrected chi connectivity index (χ2v) is 5.20. The predicted molar refractivity (Wildman–Crippen MR) is 90.8 cm³/mol. The van der Waals surface area contributed by atoms with Crippen molar-refractivity contribution < 1.29 is 0 Å². The lowest BCUT2D eigenvalue weighted by Crippen LogP contribution is -1.93. The fourth-order valence-corrected chi connectivity index (χ4v) is 2.43. The molecule has 0 bridgehead atoms. The summed E-state index contributed by atoms with van der Waals surface area (Å²) in [6, 6.07) is 24.8. The zero-order valence-electron chi connectivity index (χ0n) is 12.0. The summed E-state index contributed by atoms with van der Waals surface area (Å²) >= 11 is 0. The third-order valence-corrected chi connectivity index (χ3v) is 3.38. The van der Waals surface area contributed by atoms with Gasteiger partial charge in [-0.05, 0) is 53.9 Å². The number of rotatable bonds is 3. The normalized spacial score (nSPS) is 10.3. The highest BCUT2D eigenvalue weighted by molar-refractivity contribution is 5.69. The first-order chi connectivity index (χ1) is 10.2. The topological polar surface area (TPSA) is 38.0 Å². The van der Waals surface area contributed by atoms with Gasteiger partial charge in [-0.2, -0.15) is 0 Å². The van der Waals surface area contributed by atoms with Crippen molar-refractivity contribution in [3.8, 4) is 11.1 Å². The van der Waals surface area contributed by atoms with Crippen molar-refractivity contribution in [2.45, 2.75) is 6.92 Å². The molecule has 0 amide bonds. The lowest BCUT2D eigenvalue weighted by molar-refractivity contribution is 1.45. The summed E-state index contributed by atoms with van der Waals surface area (Å²) in [4.78, 5) is 0. The van der Waals surface area contributed by atoms with Crippen LogP contribution in [0.1, 0.15) is 5.56 Å². The van der Waals surface area contributed by atoms with Gasteiger partial charge in [-0.25, -0.2) is 0 Å². The number of anilines is 3. The fraction of sp³-hybridized carbons (Fsp3) is 0.0526. The largest absolute Gasteiger partial charge is 0.399 e. The Labute approximate surface area is 125 Å². The summed E-state index contributed by atoms with van der Waals surface area (Å²) in [7, 11) is 0. The maximum Gasteiger partial charge on any atom is 0.0407 e. The molecule has 0 heterocycles. The SMILES string of the molecule is Cc1cc(N)cc(Nc2ccc(-c3ccccc3)cc2)c1. The minimum absolute atomic E-state index is 0.776. The zero-order chi connectivity index (χ0) is 14.7. The van der Waals surface area contributed by atoms with E-state index in [2.05, 4.69) is 59.9 Å². The molecule has 2 heteroatoms. The van der Waals surface area contributed by atoms with E-state index in [0.29, 0.717) is 0 Å². The molecule has 0 spiro atoms. The molecule has 0 saturated carbocycles. The molecule has 3 N–H and O–H groups in total. The molecule has 3 aromatic carbocycles. The third kappa shape index (κ3) is 3.23. The average molecular weight is 274 g/mol. The zero-order valence-corrected chi connectivity index (χ0v) is 12.0. The highest BCUT2D eigenvalue weighted by Crippen LogP contribution is 2.24. The number of nitrogens with one attached hydrogen (secondary N) is 1. The summed E-state index contributed by atoms with van der Waals surface area (Å²) < 4.78 is 0. The van der Waals surface area contributed by atoms with Crippen molar-refractivity contribution in [1.29, 1.82) is 0 Å². The standard InChI is InChI=1S/C19H18N2/c1-14-11-17(20)13-19(12-14)21-18-9-7-16(8-10-18)15-5-3-2-4-6-15/h2-13,21H,20H2,1H3. The van der Waals surface area contributed by atoms with E-state index < -0.39 is 0 Å². The predicted octanol–water partition coefficient (Wildman–Crippen LogP) is 4.99. The summed E-state index contributed by atoms with van der Waals surface area (Å²) in [6.45, 7) is 2.04. The second-order valence-electron chi connectivity index (χ2n) is 5.20. The quantitative estimate of drug-likeness (QED) is 0.660. The molecule has 0 aliphatic carbocycles. The summed E-state index contributed by atoms with van der Waals surface area (Å²) in [5.74, 6) is 0. The van der Waals surface area contributed by atoms with E-state index in [1.54, 1.807) is 0 Å². The molecule has 0 unspecified atom stereocenters. The van der Waals surface area contributed by atoms with Crippen LogP contribution in [-0.2, 0) is 0 Å². The first-order valence-electron chi connectivity index (χ1n) is 7.00. The van der Waals surface area contributed by atoms with Crippen LogP contribution in [0.4, 0.5) is 17.1 Å². The Morgan fingerprint density at radius 2 is 1.38 bits per heavy atom. The maximum absolute atomic E-state index is 5.87. The van der Waals surface area contributed by atoms with Crippen molar-refractivity contribution in [2.75, 3.05) is 11.1 Å². The van der Waals surface area contributed by atoms with Gasteiger partial charge in [0.2, 0.25) is 0 Å². The monoisotopic (exact) mass is 274 g/mol. The lowest BCUT2D eigenvalue weighted by Gasteiger charge is -2.09. The molecule has 104 valence electrons. The highest BCUT2D eigenvalue weighted by atomic mass is 14.9. The Hall–Kier alpha value is -2.74. The molecule has 0 radical (unpaired) electrons. The van der Waals surface area contributed by atoms with Crippen LogP contribution < -0.4 is 11.1 Å². The molecule has 3 aromatic rings. The van der Waals surface area contributed by atoms with Gasteiger partial charge in [0.1, 0.15) is 0 Å². The van der Waals surface area contributed by atoms with Crippen molar-refractivity contribution >= 4 is 17.1 Å². The lowest BCUT2D eigenvalue weighted by atomic mass is 10.1. The van der Waals surface area contributed by atoms with E-state index in [1.165, 1.54) is 11.1 Å². The number of nitrogen functional groups attached to an aromatic ring is 1. The number of benzene rings is 3. The third-order valence-electron chi connectivity index (χ3n) is 3.38. The molecule has 2 nitrogen and oxygen atoms in total. The Balaban J connectivity index is 1.81. The summed E-state index contributed by atoms with van der Waals surface area (Å²) in [6.07, 6.45) is 0. The maximum atomic E-state index is 5.87. The molecular formula is C19H18N2. The molecule has 0 saturated heterocycles. The van der Waals surface area contributed by atoms with Gasteiger partial charge in [-0.1, -0.05) is 42.5 Å². The number of aryl methyl sites for hydroxylation is 1. The van der Waals surface area contributed by atoms with Gasteiger partial charge >= 0.3 is 0 Å². The van der Waals surface area contributed by atoms with E-state index >= 15 is 0 Å². The molecule has 0 aliphatic rings.